The number of carbonyl (C=O) groups excluding carboxylic acids is 1. The van der Waals surface area contributed by atoms with Gasteiger partial charge in [-0.2, -0.15) is 0 Å². The molecule has 0 saturated heterocycles. The fourth-order valence-corrected chi connectivity index (χ4v) is 3.41. The van der Waals surface area contributed by atoms with Crippen LogP contribution in [-0.4, -0.2) is 10.9 Å². The molecule has 4 nitrogen and oxygen atoms in total. The molecule has 4 aromatic rings. The van der Waals surface area contributed by atoms with E-state index < -0.39 is 0 Å². The van der Waals surface area contributed by atoms with Gasteiger partial charge in [0.25, 0.3) is 5.91 Å². The van der Waals surface area contributed by atoms with Gasteiger partial charge in [0.1, 0.15) is 0 Å². The molecule has 0 fully saturated rings. The van der Waals surface area contributed by atoms with Crippen molar-refractivity contribution in [3.8, 4) is 11.3 Å². The third-order valence-corrected chi connectivity index (χ3v) is 4.71. The molecule has 0 unspecified atom stereocenters. The summed E-state index contributed by atoms with van der Waals surface area (Å²) in [6.07, 6.45) is 0. The smallest absolute Gasteiger partial charge is 0.265 e. The lowest BCUT2D eigenvalue weighted by molar-refractivity contribution is 0.0955. The van der Waals surface area contributed by atoms with Crippen LogP contribution in [0.1, 0.15) is 10.4 Å². The van der Waals surface area contributed by atoms with Crippen molar-refractivity contribution in [1.29, 1.82) is 0 Å². The van der Waals surface area contributed by atoms with Crippen LogP contribution in [0, 0.1) is 0 Å². The maximum atomic E-state index is 12.3. The molecule has 122 valence electrons. The van der Waals surface area contributed by atoms with Gasteiger partial charge in [0.15, 0.2) is 0 Å². The van der Waals surface area contributed by atoms with Gasteiger partial charge in [0.2, 0.25) is 0 Å². The summed E-state index contributed by atoms with van der Waals surface area (Å²) in [6, 6.07) is 21.7. The maximum Gasteiger partial charge on any atom is 0.265 e. The van der Waals surface area contributed by atoms with Gasteiger partial charge in [-0.05, 0) is 35.0 Å². The number of hydrogen-bond donors (Lipinski definition) is 2. The van der Waals surface area contributed by atoms with E-state index in [2.05, 4.69) is 39.6 Å². The van der Waals surface area contributed by atoms with Crippen molar-refractivity contribution in [2.24, 2.45) is 5.84 Å². The Morgan fingerprint density at radius 2 is 1.76 bits per heavy atom. The molecule has 3 N–H and O–H groups in total. The van der Waals surface area contributed by atoms with Crippen molar-refractivity contribution >= 4 is 43.5 Å². The predicted octanol–water partition coefficient (Wildman–Crippen LogP) is 4.42. The SMILES string of the molecule is NNC(=O)c1cc(-c2cccc3ccccc23)nc2ccc(Br)cc12. The molecule has 0 aliphatic carbocycles. The number of pyridine rings is 1. The number of halogens is 1. The van der Waals surface area contributed by atoms with Crippen molar-refractivity contribution in [3.63, 3.8) is 0 Å². The number of hydrazine groups is 1. The second kappa shape index (κ2) is 6.27. The average molecular weight is 392 g/mol. The third kappa shape index (κ3) is 2.77. The second-order valence-electron chi connectivity index (χ2n) is 5.72. The number of nitrogens with one attached hydrogen (secondary N) is 1. The van der Waals surface area contributed by atoms with E-state index in [1.54, 1.807) is 6.07 Å². The van der Waals surface area contributed by atoms with E-state index in [1.807, 2.05) is 42.5 Å². The highest BCUT2D eigenvalue weighted by molar-refractivity contribution is 9.10. The highest BCUT2D eigenvalue weighted by atomic mass is 79.9. The van der Waals surface area contributed by atoms with E-state index in [0.29, 0.717) is 5.56 Å². The Labute approximate surface area is 152 Å². The Bertz CT molecular complexity index is 1120. The average Bonchev–Trinajstić information content (AvgIpc) is 2.66. The van der Waals surface area contributed by atoms with Crippen molar-refractivity contribution in [2.75, 3.05) is 0 Å². The first-order valence-corrected chi connectivity index (χ1v) is 8.56. The van der Waals surface area contributed by atoms with Gasteiger partial charge in [-0.1, -0.05) is 58.4 Å². The summed E-state index contributed by atoms with van der Waals surface area (Å²) in [7, 11) is 0. The fraction of sp³-hybridized carbons (Fsp3) is 0. The van der Waals surface area contributed by atoms with Crippen LogP contribution in [0.5, 0.6) is 0 Å². The first-order chi connectivity index (χ1) is 12.2. The summed E-state index contributed by atoms with van der Waals surface area (Å²) in [6.45, 7) is 0. The Hall–Kier alpha value is -2.76. The number of amides is 1. The highest BCUT2D eigenvalue weighted by Crippen LogP contribution is 2.31. The molecule has 0 radical (unpaired) electrons. The van der Waals surface area contributed by atoms with E-state index in [-0.39, 0.29) is 5.91 Å². The van der Waals surface area contributed by atoms with Crippen LogP contribution in [0.15, 0.2) is 71.2 Å². The quantitative estimate of drug-likeness (QED) is 0.302. The topological polar surface area (TPSA) is 68.0 Å². The van der Waals surface area contributed by atoms with Gasteiger partial charge < -0.3 is 0 Å². The lowest BCUT2D eigenvalue weighted by atomic mass is 9.99. The van der Waals surface area contributed by atoms with Gasteiger partial charge in [0, 0.05) is 15.4 Å². The normalized spacial score (nSPS) is 11.0. The van der Waals surface area contributed by atoms with E-state index in [4.69, 9.17) is 10.8 Å². The molecular weight excluding hydrogens is 378 g/mol. The zero-order valence-electron chi connectivity index (χ0n) is 13.2. The molecule has 1 amide bonds. The lowest BCUT2D eigenvalue weighted by Gasteiger charge is -2.11. The molecule has 0 aliphatic heterocycles. The number of nitrogens with zero attached hydrogens (tertiary/aromatic N) is 1. The first-order valence-electron chi connectivity index (χ1n) is 7.77. The molecule has 0 bridgehead atoms. The standard InChI is InChI=1S/C20H14BrN3O/c21-13-8-9-18-16(10-13)17(20(25)24-22)11-19(23-18)15-7-3-5-12-4-1-2-6-14(12)15/h1-11H,22H2,(H,24,25). The molecule has 0 atom stereocenters. The highest BCUT2D eigenvalue weighted by Gasteiger charge is 2.14. The summed E-state index contributed by atoms with van der Waals surface area (Å²) in [5.41, 5.74) is 5.19. The molecule has 0 spiro atoms. The van der Waals surface area contributed by atoms with Gasteiger partial charge in [-0.25, -0.2) is 10.8 Å². The molecule has 0 aliphatic rings. The Morgan fingerprint density at radius 3 is 2.60 bits per heavy atom. The van der Waals surface area contributed by atoms with E-state index in [0.717, 1.165) is 37.4 Å². The van der Waals surface area contributed by atoms with Gasteiger partial charge >= 0.3 is 0 Å². The molecule has 25 heavy (non-hydrogen) atoms. The van der Waals surface area contributed by atoms with E-state index in [9.17, 15) is 4.79 Å². The van der Waals surface area contributed by atoms with Crippen LogP contribution in [0.2, 0.25) is 0 Å². The number of carbonyl (C=O) groups is 1. The molecule has 3 aromatic carbocycles. The zero-order valence-corrected chi connectivity index (χ0v) is 14.7. The van der Waals surface area contributed by atoms with Crippen LogP contribution in [0.25, 0.3) is 32.9 Å². The monoisotopic (exact) mass is 391 g/mol. The maximum absolute atomic E-state index is 12.3. The van der Waals surface area contributed by atoms with E-state index >= 15 is 0 Å². The number of benzene rings is 3. The summed E-state index contributed by atoms with van der Waals surface area (Å²) >= 11 is 3.44. The molecule has 4 rings (SSSR count). The van der Waals surface area contributed by atoms with Crippen molar-refractivity contribution < 1.29 is 4.79 Å². The van der Waals surface area contributed by atoms with Crippen LogP contribution in [0.4, 0.5) is 0 Å². The molecule has 1 heterocycles. The summed E-state index contributed by atoms with van der Waals surface area (Å²) in [4.78, 5) is 17.1. The van der Waals surface area contributed by atoms with Crippen LogP contribution in [0.3, 0.4) is 0 Å². The van der Waals surface area contributed by atoms with Gasteiger partial charge in [-0.3, -0.25) is 10.2 Å². The minimum atomic E-state index is -0.341. The largest absolute Gasteiger partial charge is 0.290 e. The summed E-state index contributed by atoms with van der Waals surface area (Å²) in [5, 5.41) is 2.97. The molecule has 0 saturated carbocycles. The van der Waals surface area contributed by atoms with Crippen molar-refractivity contribution in [1.82, 2.24) is 10.4 Å². The minimum absolute atomic E-state index is 0.341. The number of nitrogens with two attached hydrogens (primary N) is 1. The Kier molecular flexibility index (Phi) is 3.95. The first kappa shape index (κ1) is 15.7. The summed E-state index contributed by atoms with van der Waals surface area (Å²) < 4.78 is 0.880. The van der Waals surface area contributed by atoms with Crippen LogP contribution >= 0.6 is 15.9 Å². The van der Waals surface area contributed by atoms with Gasteiger partial charge in [-0.15, -0.1) is 0 Å². The second-order valence-corrected chi connectivity index (χ2v) is 6.63. The van der Waals surface area contributed by atoms with Crippen molar-refractivity contribution in [3.05, 3.63) is 76.8 Å². The van der Waals surface area contributed by atoms with Crippen molar-refractivity contribution in [2.45, 2.75) is 0 Å². The fourth-order valence-electron chi connectivity index (χ4n) is 3.05. The van der Waals surface area contributed by atoms with Crippen LogP contribution < -0.4 is 11.3 Å². The van der Waals surface area contributed by atoms with Gasteiger partial charge in [0.05, 0.1) is 16.8 Å². The molecule has 5 heteroatoms. The Balaban J connectivity index is 2.05. The van der Waals surface area contributed by atoms with Crippen LogP contribution in [-0.2, 0) is 0 Å². The van der Waals surface area contributed by atoms with E-state index in [1.165, 1.54) is 0 Å². The zero-order chi connectivity index (χ0) is 17.4. The molecular formula is C20H14BrN3O. The summed E-state index contributed by atoms with van der Waals surface area (Å²) in [5.74, 6) is 5.04. The third-order valence-electron chi connectivity index (χ3n) is 4.21. The number of aromatic nitrogens is 1. The number of fused-ring (bicyclic) bond motifs is 2. The molecule has 1 aromatic heterocycles. The predicted molar refractivity (Wildman–Crippen MR) is 104 cm³/mol. The number of hydrogen-bond acceptors (Lipinski definition) is 3. The lowest BCUT2D eigenvalue weighted by Crippen LogP contribution is -2.30. The minimum Gasteiger partial charge on any atom is -0.290 e. The number of rotatable bonds is 2. The number of nitrogen functional groups attached to an aromatic ring is 1. The Morgan fingerprint density at radius 1 is 0.960 bits per heavy atom.